The quantitative estimate of drug-likeness (QED) is 0.409. The summed E-state index contributed by atoms with van der Waals surface area (Å²) in [7, 11) is 1.69. The summed E-state index contributed by atoms with van der Waals surface area (Å²) < 4.78 is 0. The van der Waals surface area contributed by atoms with Crippen LogP contribution in [0.5, 0.6) is 0 Å². The van der Waals surface area contributed by atoms with E-state index in [1.54, 1.807) is 14.0 Å². The summed E-state index contributed by atoms with van der Waals surface area (Å²) in [5, 5.41) is 15.2. The Morgan fingerprint density at radius 2 is 2.00 bits per heavy atom. The third-order valence-electron chi connectivity index (χ3n) is 3.35. The Morgan fingerprint density at radius 3 is 2.42 bits per heavy atom. The number of hydrogen-bond donors (Lipinski definition) is 4. The number of hydrogen-bond acceptors (Lipinski definition) is 4. The molecule has 0 aromatic heterocycles. The molecular formula is C13H27N3O3. The van der Waals surface area contributed by atoms with Crippen LogP contribution in [0.25, 0.3) is 0 Å². The van der Waals surface area contributed by atoms with Gasteiger partial charge in [-0.25, -0.2) is 0 Å². The minimum absolute atomic E-state index is 0.334. The Hall–Kier alpha value is -1.14. The summed E-state index contributed by atoms with van der Waals surface area (Å²) in [5.74, 6) is -1.20. The monoisotopic (exact) mass is 273 g/mol. The summed E-state index contributed by atoms with van der Waals surface area (Å²) >= 11 is 0. The van der Waals surface area contributed by atoms with Gasteiger partial charge in [-0.2, -0.15) is 0 Å². The van der Waals surface area contributed by atoms with Crippen molar-refractivity contribution in [3.05, 3.63) is 0 Å². The van der Waals surface area contributed by atoms with Gasteiger partial charge in [0.05, 0.1) is 6.04 Å². The molecule has 112 valence electrons. The van der Waals surface area contributed by atoms with Gasteiger partial charge >= 0.3 is 5.97 Å². The SMILES string of the molecule is CCCNC(C)(CCCCC(NC)C(N)=O)C(=O)O. The zero-order valence-corrected chi connectivity index (χ0v) is 12.2. The van der Waals surface area contributed by atoms with Gasteiger partial charge in [-0.05, 0) is 39.8 Å². The predicted octanol–water partition coefficient (Wildman–Crippen LogP) is 0.463. The zero-order valence-electron chi connectivity index (χ0n) is 12.2. The van der Waals surface area contributed by atoms with E-state index in [4.69, 9.17) is 5.73 Å². The van der Waals surface area contributed by atoms with Gasteiger partial charge in [0.25, 0.3) is 0 Å². The number of carboxylic acids is 1. The van der Waals surface area contributed by atoms with Crippen molar-refractivity contribution >= 4 is 11.9 Å². The molecule has 5 N–H and O–H groups in total. The van der Waals surface area contributed by atoms with Crippen molar-refractivity contribution in [3.8, 4) is 0 Å². The number of carbonyl (C=O) groups excluding carboxylic acids is 1. The molecular weight excluding hydrogens is 246 g/mol. The predicted molar refractivity (Wildman–Crippen MR) is 74.8 cm³/mol. The molecule has 0 rings (SSSR count). The molecule has 0 aliphatic carbocycles. The molecule has 6 nitrogen and oxygen atoms in total. The number of aliphatic carboxylic acids is 1. The molecule has 0 aromatic carbocycles. The van der Waals surface area contributed by atoms with Crippen LogP contribution < -0.4 is 16.4 Å². The fourth-order valence-corrected chi connectivity index (χ4v) is 1.93. The van der Waals surface area contributed by atoms with E-state index in [-0.39, 0.29) is 11.9 Å². The molecule has 0 radical (unpaired) electrons. The maximum atomic E-state index is 11.3. The molecule has 2 unspecified atom stereocenters. The highest BCUT2D eigenvalue weighted by Crippen LogP contribution is 2.16. The number of likely N-dealkylation sites (N-methyl/N-ethyl adjacent to an activating group) is 1. The van der Waals surface area contributed by atoms with E-state index < -0.39 is 11.5 Å². The van der Waals surface area contributed by atoms with Crippen LogP contribution >= 0.6 is 0 Å². The van der Waals surface area contributed by atoms with Crippen LogP contribution in [-0.4, -0.2) is 42.2 Å². The molecule has 0 fully saturated rings. The fourth-order valence-electron chi connectivity index (χ4n) is 1.93. The van der Waals surface area contributed by atoms with Crippen LogP contribution in [-0.2, 0) is 9.59 Å². The van der Waals surface area contributed by atoms with E-state index in [1.807, 2.05) is 6.92 Å². The Kier molecular flexibility index (Phi) is 8.34. The van der Waals surface area contributed by atoms with E-state index >= 15 is 0 Å². The molecule has 0 saturated heterocycles. The number of carbonyl (C=O) groups is 2. The Bertz CT molecular complexity index is 297. The second kappa shape index (κ2) is 8.87. The average molecular weight is 273 g/mol. The lowest BCUT2D eigenvalue weighted by Gasteiger charge is -2.26. The smallest absolute Gasteiger partial charge is 0.323 e. The molecule has 0 bridgehead atoms. The molecule has 0 aliphatic heterocycles. The van der Waals surface area contributed by atoms with Gasteiger partial charge in [0, 0.05) is 0 Å². The van der Waals surface area contributed by atoms with Crippen molar-refractivity contribution in [1.29, 1.82) is 0 Å². The van der Waals surface area contributed by atoms with Gasteiger partial charge in [-0.1, -0.05) is 19.8 Å². The standard InChI is InChI=1S/C13H27N3O3/c1-4-9-16-13(2,12(18)19)8-6-5-7-10(15-3)11(14)17/h10,15-16H,4-9H2,1-3H3,(H2,14,17)(H,18,19). The molecule has 0 aromatic rings. The van der Waals surface area contributed by atoms with Crippen molar-refractivity contribution in [3.63, 3.8) is 0 Å². The average Bonchev–Trinajstić information content (AvgIpc) is 2.35. The number of amides is 1. The van der Waals surface area contributed by atoms with E-state index in [0.29, 0.717) is 19.4 Å². The Labute approximate surface area is 115 Å². The molecule has 0 aliphatic rings. The summed E-state index contributed by atoms with van der Waals surface area (Å²) in [5.41, 5.74) is 4.33. The van der Waals surface area contributed by atoms with Crippen LogP contribution in [0.3, 0.4) is 0 Å². The highest BCUT2D eigenvalue weighted by Gasteiger charge is 2.31. The topological polar surface area (TPSA) is 104 Å². The molecule has 0 heterocycles. The first-order valence-corrected chi connectivity index (χ1v) is 6.82. The number of nitrogens with two attached hydrogens (primary N) is 1. The Morgan fingerprint density at radius 1 is 1.37 bits per heavy atom. The number of primary amides is 1. The van der Waals surface area contributed by atoms with Crippen LogP contribution in [0.15, 0.2) is 0 Å². The maximum Gasteiger partial charge on any atom is 0.323 e. The van der Waals surface area contributed by atoms with E-state index in [1.165, 1.54) is 0 Å². The largest absolute Gasteiger partial charge is 0.480 e. The minimum Gasteiger partial charge on any atom is -0.480 e. The fraction of sp³-hybridized carbons (Fsp3) is 0.846. The lowest BCUT2D eigenvalue weighted by Crippen LogP contribution is -2.49. The summed E-state index contributed by atoms with van der Waals surface area (Å²) in [6.07, 6.45) is 3.58. The van der Waals surface area contributed by atoms with E-state index in [9.17, 15) is 14.7 Å². The first-order valence-electron chi connectivity index (χ1n) is 6.82. The summed E-state index contributed by atoms with van der Waals surface area (Å²) in [4.78, 5) is 22.3. The Balaban J connectivity index is 4.13. The first kappa shape index (κ1) is 17.9. The maximum absolute atomic E-state index is 11.3. The van der Waals surface area contributed by atoms with Gasteiger partial charge < -0.3 is 21.5 Å². The van der Waals surface area contributed by atoms with Crippen molar-refractivity contribution in [2.75, 3.05) is 13.6 Å². The molecule has 1 amide bonds. The van der Waals surface area contributed by atoms with Gasteiger partial charge in [-0.3, -0.25) is 9.59 Å². The lowest BCUT2D eigenvalue weighted by molar-refractivity contribution is -0.144. The van der Waals surface area contributed by atoms with Crippen molar-refractivity contribution in [2.45, 2.75) is 57.5 Å². The summed E-state index contributed by atoms with van der Waals surface area (Å²) in [6, 6.07) is -0.334. The highest BCUT2D eigenvalue weighted by molar-refractivity contribution is 5.79. The van der Waals surface area contributed by atoms with E-state index in [0.717, 1.165) is 19.3 Å². The van der Waals surface area contributed by atoms with Gasteiger partial charge in [-0.15, -0.1) is 0 Å². The van der Waals surface area contributed by atoms with E-state index in [2.05, 4.69) is 10.6 Å². The third-order valence-corrected chi connectivity index (χ3v) is 3.35. The zero-order chi connectivity index (χ0) is 14.9. The molecule has 19 heavy (non-hydrogen) atoms. The highest BCUT2D eigenvalue weighted by atomic mass is 16.4. The van der Waals surface area contributed by atoms with Crippen molar-refractivity contribution < 1.29 is 14.7 Å². The normalized spacial score (nSPS) is 15.7. The second-order valence-electron chi connectivity index (χ2n) is 5.05. The van der Waals surface area contributed by atoms with Crippen LogP contribution in [0.4, 0.5) is 0 Å². The van der Waals surface area contributed by atoms with Crippen molar-refractivity contribution in [1.82, 2.24) is 10.6 Å². The summed E-state index contributed by atoms with van der Waals surface area (Å²) in [6.45, 7) is 4.39. The molecule has 0 saturated carbocycles. The number of rotatable bonds is 11. The van der Waals surface area contributed by atoms with Crippen LogP contribution in [0, 0.1) is 0 Å². The molecule has 0 spiro atoms. The lowest BCUT2D eigenvalue weighted by atomic mass is 9.93. The van der Waals surface area contributed by atoms with Crippen LogP contribution in [0.1, 0.15) is 46.0 Å². The molecule has 2 atom stereocenters. The van der Waals surface area contributed by atoms with Crippen LogP contribution in [0.2, 0.25) is 0 Å². The minimum atomic E-state index is -0.891. The van der Waals surface area contributed by atoms with Gasteiger partial charge in [0.1, 0.15) is 5.54 Å². The molecule has 6 heteroatoms. The number of nitrogens with one attached hydrogen (secondary N) is 2. The number of carboxylic acid groups (broad SMARTS) is 1. The van der Waals surface area contributed by atoms with Gasteiger partial charge in [0.15, 0.2) is 0 Å². The van der Waals surface area contributed by atoms with Crippen molar-refractivity contribution in [2.24, 2.45) is 5.73 Å². The third kappa shape index (κ3) is 6.54. The number of unbranched alkanes of at least 4 members (excludes halogenated alkanes) is 1. The van der Waals surface area contributed by atoms with Gasteiger partial charge in [0.2, 0.25) is 5.91 Å². The first-order chi connectivity index (χ1) is 8.87. The second-order valence-corrected chi connectivity index (χ2v) is 5.05.